The van der Waals surface area contributed by atoms with Crippen LogP contribution < -0.4 is 5.32 Å². The largest absolute Gasteiger partial charge is 0.459 e. The number of rotatable bonds is 6. The van der Waals surface area contributed by atoms with Gasteiger partial charge in [0.2, 0.25) is 5.91 Å². The Morgan fingerprint density at radius 3 is 2.86 bits per heavy atom. The van der Waals surface area contributed by atoms with Gasteiger partial charge in [-0.25, -0.2) is 0 Å². The molecule has 1 saturated heterocycles. The van der Waals surface area contributed by atoms with E-state index in [1.807, 2.05) is 13.8 Å². The third kappa shape index (κ3) is 3.68. The first-order valence-corrected chi connectivity index (χ1v) is 7.80. The van der Waals surface area contributed by atoms with E-state index >= 15 is 0 Å². The van der Waals surface area contributed by atoms with Crippen molar-refractivity contribution in [3.05, 3.63) is 24.2 Å². The summed E-state index contributed by atoms with van der Waals surface area (Å²) >= 11 is 0. The molecule has 1 aliphatic rings. The van der Waals surface area contributed by atoms with Crippen molar-refractivity contribution in [3.8, 4) is 0 Å². The molecule has 6 heteroatoms. The molecule has 122 valence electrons. The van der Waals surface area contributed by atoms with Gasteiger partial charge in [0.25, 0.3) is 5.91 Å². The average molecular weight is 308 g/mol. The Hall–Kier alpha value is -1.82. The van der Waals surface area contributed by atoms with Crippen LogP contribution in [0.1, 0.15) is 43.7 Å². The van der Waals surface area contributed by atoms with E-state index in [2.05, 4.69) is 5.32 Å². The molecular weight excluding hydrogens is 284 g/mol. The maximum atomic E-state index is 12.5. The van der Waals surface area contributed by atoms with Crippen molar-refractivity contribution >= 4 is 11.8 Å². The molecule has 0 aliphatic carbocycles. The van der Waals surface area contributed by atoms with E-state index in [0.29, 0.717) is 19.4 Å². The number of amides is 2. The molecule has 22 heavy (non-hydrogen) atoms. The SMILES string of the molecule is CC(C)C(CCO)NC(=O)C1CCCN1C(=O)c1ccco1. The van der Waals surface area contributed by atoms with E-state index in [1.165, 1.54) is 6.26 Å². The number of hydrogen-bond acceptors (Lipinski definition) is 4. The Morgan fingerprint density at radius 1 is 1.50 bits per heavy atom. The average Bonchev–Trinajstić information content (AvgIpc) is 3.17. The topological polar surface area (TPSA) is 82.8 Å². The predicted molar refractivity (Wildman–Crippen MR) is 81.2 cm³/mol. The minimum Gasteiger partial charge on any atom is -0.459 e. The highest BCUT2D eigenvalue weighted by Gasteiger charge is 2.36. The standard InChI is InChI=1S/C16H24N2O4/c1-11(2)12(7-9-19)17-15(20)13-5-3-8-18(13)16(21)14-6-4-10-22-14/h4,6,10-13,19H,3,5,7-9H2,1-2H3,(H,17,20). The van der Waals surface area contributed by atoms with Crippen LogP contribution in [0.5, 0.6) is 0 Å². The van der Waals surface area contributed by atoms with Gasteiger partial charge in [0.05, 0.1) is 6.26 Å². The summed E-state index contributed by atoms with van der Waals surface area (Å²) in [7, 11) is 0. The van der Waals surface area contributed by atoms with E-state index in [4.69, 9.17) is 9.52 Å². The maximum Gasteiger partial charge on any atom is 0.290 e. The highest BCUT2D eigenvalue weighted by molar-refractivity contribution is 5.96. The van der Waals surface area contributed by atoms with Crippen LogP contribution in [-0.2, 0) is 4.79 Å². The van der Waals surface area contributed by atoms with Crippen LogP contribution in [0.3, 0.4) is 0 Å². The molecule has 2 amide bonds. The van der Waals surface area contributed by atoms with E-state index in [1.54, 1.807) is 17.0 Å². The van der Waals surface area contributed by atoms with Crippen molar-refractivity contribution in [1.82, 2.24) is 10.2 Å². The molecule has 0 bridgehead atoms. The summed E-state index contributed by atoms with van der Waals surface area (Å²) in [6.45, 7) is 4.59. The number of nitrogens with zero attached hydrogens (tertiary/aromatic N) is 1. The smallest absolute Gasteiger partial charge is 0.290 e. The first-order valence-electron chi connectivity index (χ1n) is 7.80. The minimum atomic E-state index is -0.461. The second-order valence-electron chi connectivity index (χ2n) is 6.01. The molecule has 2 rings (SSSR count). The van der Waals surface area contributed by atoms with Crippen molar-refractivity contribution in [3.63, 3.8) is 0 Å². The maximum absolute atomic E-state index is 12.5. The van der Waals surface area contributed by atoms with Gasteiger partial charge in [-0.1, -0.05) is 13.8 Å². The van der Waals surface area contributed by atoms with Crippen LogP contribution in [0.25, 0.3) is 0 Å². The number of aliphatic hydroxyl groups excluding tert-OH is 1. The molecule has 2 atom stereocenters. The van der Waals surface area contributed by atoms with Gasteiger partial charge in [0.15, 0.2) is 5.76 Å². The zero-order chi connectivity index (χ0) is 16.1. The Kier molecular flexibility index (Phi) is 5.60. The Morgan fingerprint density at radius 2 is 2.27 bits per heavy atom. The molecule has 1 aliphatic heterocycles. The Bertz CT molecular complexity index is 498. The van der Waals surface area contributed by atoms with Crippen molar-refractivity contribution in [2.75, 3.05) is 13.2 Å². The summed E-state index contributed by atoms with van der Waals surface area (Å²) in [5.74, 6) is 0.0951. The lowest BCUT2D eigenvalue weighted by molar-refractivity contribution is -0.126. The summed E-state index contributed by atoms with van der Waals surface area (Å²) in [4.78, 5) is 26.5. The van der Waals surface area contributed by atoms with Gasteiger partial charge >= 0.3 is 0 Å². The number of carbonyl (C=O) groups is 2. The van der Waals surface area contributed by atoms with Crippen LogP contribution in [0.2, 0.25) is 0 Å². The molecule has 1 aromatic rings. The molecule has 1 aromatic heterocycles. The van der Waals surface area contributed by atoms with Crippen molar-refractivity contribution in [2.45, 2.75) is 45.2 Å². The third-order valence-electron chi connectivity index (χ3n) is 4.12. The molecule has 2 heterocycles. The summed E-state index contributed by atoms with van der Waals surface area (Å²) in [5.41, 5.74) is 0. The summed E-state index contributed by atoms with van der Waals surface area (Å²) in [6, 6.07) is 2.73. The first-order chi connectivity index (χ1) is 10.5. The molecule has 0 saturated carbocycles. The lowest BCUT2D eigenvalue weighted by Crippen LogP contribution is -2.50. The Balaban J connectivity index is 2.03. The molecule has 0 aromatic carbocycles. The summed E-state index contributed by atoms with van der Waals surface area (Å²) in [5, 5.41) is 12.1. The number of carbonyl (C=O) groups excluding carboxylic acids is 2. The molecular formula is C16H24N2O4. The molecule has 2 N–H and O–H groups in total. The van der Waals surface area contributed by atoms with Gasteiger partial charge in [0.1, 0.15) is 6.04 Å². The molecule has 0 radical (unpaired) electrons. The monoisotopic (exact) mass is 308 g/mol. The fraction of sp³-hybridized carbons (Fsp3) is 0.625. The van der Waals surface area contributed by atoms with Crippen LogP contribution in [0.4, 0.5) is 0 Å². The van der Waals surface area contributed by atoms with E-state index < -0.39 is 6.04 Å². The number of likely N-dealkylation sites (tertiary alicyclic amines) is 1. The highest BCUT2D eigenvalue weighted by atomic mass is 16.3. The van der Waals surface area contributed by atoms with Gasteiger partial charge in [-0.2, -0.15) is 0 Å². The first kappa shape index (κ1) is 16.5. The van der Waals surface area contributed by atoms with Crippen LogP contribution in [0, 0.1) is 5.92 Å². The molecule has 6 nitrogen and oxygen atoms in total. The van der Waals surface area contributed by atoms with Crippen LogP contribution in [-0.4, -0.2) is 47.1 Å². The molecule has 2 unspecified atom stereocenters. The fourth-order valence-corrected chi connectivity index (χ4v) is 2.81. The van der Waals surface area contributed by atoms with Gasteiger partial charge < -0.3 is 19.7 Å². The molecule has 0 spiro atoms. The number of aliphatic hydroxyl groups is 1. The highest BCUT2D eigenvalue weighted by Crippen LogP contribution is 2.21. The number of furan rings is 1. The predicted octanol–water partition coefficient (Wildman–Crippen LogP) is 1.41. The zero-order valence-corrected chi connectivity index (χ0v) is 13.1. The van der Waals surface area contributed by atoms with Crippen molar-refractivity contribution in [1.29, 1.82) is 0 Å². The van der Waals surface area contributed by atoms with Gasteiger partial charge in [-0.3, -0.25) is 9.59 Å². The van der Waals surface area contributed by atoms with Gasteiger partial charge in [-0.05, 0) is 37.3 Å². The Labute approximate surface area is 130 Å². The second kappa shape index (κ2) is 7.45. The lowest BCUT2D eigenvalue weighted by Gasteiger charge is -2.27. The van der Waals surface area contributed by atoms with E-state index in [9.17, 15) is 9.59 Å². The summed E-state index contributed by atoms with van der Waals surface area (Å²) < 4.78 is 5.14. The minimum absolute atomic E-state index is 0.0306. The molecule has 1 fully saturated rings. The zero-order valence-electron chi connectivity index (χ0n) is 13.1. The van der Waals surface area contributed by atoms with E-state index in [0.717, 1.165) is 6.42 Å². The number of nitrogens with one attached hydrogen (secondary N) is 1. The third-order valence-corrected chi connectivity index (χ3v) is 4.12. The number of hydrogen-bond donors (Lipinski definition) is 2. The van der Waals surface area contributed by atoms with Crippen molar-refractivity contribution in [2.24, 2.45) is 5.92 Å². The lowest BCUT2D eigenvalue weighted by atomic mass is 10.0. The summed E-state index contributed by atoms with van der Waals surface area (Å²) in [6.07, 6.45) is 3.43. The second-order valence-corrected chi connectivity index (χ2v) is 6.01. The van der Waals surface area contributed by atoms with Gasteiger partial charge in [0, 0.05) is 19.2 Å². The normalized spacial score (nSPS) is 19.5. The van der Waals surface area contributed by atoms with Crippen molar-refractivity contribution < 1.29 is 19.1 Å². The fourth-order valence-electron chi connectivity index (χ4n) is 2.81. The van der Waals surface area contributed by atoms with Crippen LogP contribution in [0.15, 0.2) is 22.8 Å². The van der Waals surface area contributed by atoms with Crippen LogP contribution >= 0.6 is 0 Å². The quantitative estimate of drug-likeness (QED) is 0.832. The van der Waals surface area contributed by atoms with E-state index in [-0.39, 0.29) is 36.1 Å². The van der Waals surface area contributed by atoms with Gasteiger partial charge in [-0.15, -0.1) is 0 Å².